The number of phenols is 1. The number of pyridine rings is 1. The smallest absolute Gasteiger partial charge is 0.174 e. The molecule has 2 aromatic heterocycles. The monoisotopic (exact) mass is 440 g/mol. The highest BCUT2D eigenvalue weighted by Crippen LogP contribution is 2.43. The molecule has 2 aromatic carbocycles. The molecule has 3 heterocycles. The van der Waals surface area contributed by atoms with Gasteiger partial charge in [0.05, 0.1) is 17.8 Å². The molecule has 1 saturated heterocycles. The van der Waals surface area contributed by atoms with Gasteiger partial charge in [0, 0.05) is 29.0 Å². The summed E-state index contributed by atoms with van der Waals surface area (Å²) >= 11 is 5.80. The molecule has 2 N–H and O–H groups in total. The zero-order chi connectivity index (χ0) is 22.2. The second-order valence-electron chi connectivity index (χ2n) is 8.01. The van der Waals surface area contributed by atoms with Crippen LogP contribution in [0.2, 0.25) is 0 Å². The highest BCUT2D eigenvalue weighted by molar-refractivity contribution is 7.80. The van der Waals surface area contributed by atoms with Crippen LogP contribution in [0.4, 0.5) is 5.69 Å². The lowest BCUT2D eigenvalue weighted by Crippen LogP contribution is -2.29. The van der Waals surface area contributed by atoms with Gasteiger partial charge in [-0.2, -0.15) is 0 Å². The number of hydrogen-bond donors (Lipinski definition) is 2. The number of nitrogens with zero attached hydrogens (tertiary/aromatic N) is 3. The van der Waals surface area contributed by atoms with Crippen LogP contribution in [-0.2, 0) is 0 Å². The molecule has 0 saturated carbocycles. The van der Waals surface area contributed by atoms with Gasteiger partial charge in [-0.3, -0.25) is 4.98 Å². The minimum atomic E-state index is -0.109. The Morgan fingerprint density at radius 1 is 0.906 bits per heavy atom. The lowest BCUT2D eigenvalue weighted by atomic mass is 9.96. The van der Waals surface area contributed by atoms with Gasteiger partial charge in [0.25, 0.3) is 0 Å². The fourth-order valence-corrected chi connectivity index (χ4v) is 4.97. The predicted octanol–water partition coefficient (Wildman–Crippen LogP) is 5.37. The Morgan fingerprint density at radius 3 is 2.31 bits per heavy atom. The van der Waals surface area contributed by atoms with Gasteiger partial charge in [-0.15, -0.1) is 0 Å². The molecule has 1 aliphatic heterocycles. The number of benzene rings is 2. The first kappa shape index (κ1) is 20.3. The summed E-state index contributed by atoms with van der Waals surface area (Å²) in [4.78, 5) is 6.76. The number of hydrogen-bond acceptors (Lipinski definition) is 3. The molecule has 1 fully saturated rings. The van der Waals surface area contributed by atoms with E-state index in [4.69, 9.17) is 12.2 Å². The molecule has 0 bridgehead atoms. The van der Waals surface area contributed by atoms with E-state index in [1.54, 1.807) is 12.1 Å². The molecule has 0 unspecified atom stereocenters. The average molecular weight is 441 g/mol. The first-order valence-electron chi connectivity index (χ1n) is 10.6. The van der Waals surface area contributed by atoms with Gasteiger partial charge in [0.15, 0.2) is 5.11 Å². The summed E-state index contributed by atoms with van der Waals surface area (Å²) in [6.07, 6.45) is 1.81. The topological polar surface area (TPSA) is 53.3 Å². The van der Waals surface area contributed by atoms with E-state index in [2.05, 4.69) is 63.9 Å². The third kappa shape index (κ3) is 3.42. The Bertz CT molecular complexity index is 1250. The lowest BCUT2D eigenvalue weighted by molar-refractivity contribution is 0.475. The molecule has 6 heteroatoms. The second-order valence-corrected chi connectivity index (χ2v) is 8.40. The number of para-hydroxylation sites is 1. The first-order chi connectivity index (χ1) is 15.5. The van der Waals surface area contributed by atoms with E-state index in [-0.39, 0.29) is 17.8 Å². The normalized spacial score (nSPS) is 18.1. The van der Waals surface area contributed by atoms with Crippen molar-refractivity contribution < 1.29 is 5.11 Å². The number of thiocarbonyl (C=S) groups is 1. The summed E-state index contributed by atoms with van der Waals surface area (Å²) in [6.45, 7) is 4.28. The minimum absolute atomic E-state index is 0.0920. The van der Waals surface area contributed by atoms with Crippen molar-refractivity contribution in [1.82, 2.24) is 14.9 Å². The van der Waals surface area contributed by atoms with Crippen molar-refractivity contribution in [3.8, 4) is 11.4 Å². The van der Waals surface area contributed by atoms with E-state index < -0.39 is 0 Å². The summed E-state index contributed by atoms with van der Waals surface area (Å²) < 4.78 is 2.28. The van der Waals surface area contributed by atoms with Crippen LogP contribution in [0.1, 0.15) is 34.7 Å². The fourth-order valence-electron chi connectivity index (χ4n) is 4.62. The first-order valence-corrected chi connectivity index (χ1v) is 11.0. The van der Waals surface area contributed by atoms with Gasteiger partial charge in [0.1, 0.15) is 5.75 Å². The molecule has 1 aliphatic rings. The number of phenolic OH excluding ortho intramolecular Hbond substituents is 1. The van der Waals surface area contributed by atoms with Crippen LogP contribution in [0.15, 0.2) is 85.1 Å². The number of nitrogens with one attached hydrogen (secondary N) is 1. The van der Waals surface area contributed by atoms with Crippen molar-refractivity contribution in [2.75, 3.05) is 4.90 Å². The summed E-state index contributed by atoms with van der Waals surface area (Å²) in [5.74, 6) is 0.229. The van der Waals surface area contributed by atoms with Crippen molar-refractivity contribution >= 4 is 23.0 Å². The molecule has 2 atom stereocenters. The number of aromatic nitrogens is 2. The molecule has 0 amide bonds. The summed E-state index contributed by atoms with van der Waals surface area (Å²) in [5, 5.41) is 13.9. The van der Waals surface area contributed by atoms with Gasteiger partial charge in [-0.25, -0.2) is 0 Å². The van der Waals surface area contributed by atoms with Crippen LogP contribution < -0.4 is 10.2 Å². The molecule has 32 heavy (non-hydrogen) atoms. The zero-order valence-electron chi connectivity index (χ0n) is 17.9. The molecule has 0 radical (unpaired) electrons. The maximum atomic E-state index is 9.81. The Hall–Kier alpha value is -3.64. The van der Waals surface area contributed by atoms with E-state index in [1.165, 1.54) is 5.56 Å². The quantitative estimate of drug-likeness (QED) is 0.418. The highest BCUT2D eigenvalue weighted by atomic mass is 32.1. The lowest BCUT2D eigenvalue weighted by Gasteiger charge is -2.28. The maximum absolute atomic E-state index is 9.81. The number of aromatic hydroxyl groups is 1. The van der Waals surface area contributed by atoms with Gasteiger partial charge < -0.3 is 19.9 Å². The van der Waals surface area contributed by atoms with E-state index in [9.17, 15) is 5.11 Å². The average Bonchev–Trinajstić information content (AvgIpc) is 3.31. The molecule has 0 spiro atoms. The van der Waals surface area contributed by atoms with Gasteiger partial charge in [-0.1, -0.05) is 24.3 Å². The van der Waals surface area contributed by atoms with Crippen molar-refractivity contribution in [3.05, 3.63) is 108 Å². The maximum Gasteiger partial charge on any atom is 0.174 e. The SMILES string of the molecule is Cc1cc([C@@H]2[C@H](c3ccccn3)NC(=S)N2c2ccc(O)cc2)c(C)n1-c1ccccc1. The Labute approximate surface area is 193 Å². The summed E-state index contributed by atoms with van der Waals surface area (Å²) in [7, 11) is 0. The molecule has 160 valence electrons. The summed E-state index contributed by atoms with van der Waals surface area (Å²) in [6, 6.07) is 25.5. The van der Waals surface area contributed by atoms with Gasteiger partial charge >= 0.3 is 0 Å². The molecule has 4 aromatic rings. The third-order valence-electron chi connectivity index (χ3n) is 6.03. The molecular weight excluding hydrogens is 416 g/mol. The van der Waals surface area contributed by atoms with Crippen molar-refractivity contribution in [2.24, 2.45) is 0 Å². The Morgan fingerprint density at radius 2 is 1.62 bits per heavy atom. The van der Waals surface area contributed by atoms with Crippen LogP contribution >= 0.6 is 12.2 Å². The van der Waals surface area contributed by atoms with E-state index in [0.717, 1.165) is 28.5 Å². The third-order valence-corrected chi connectivity index (χ3v) is 6.34. The van der Waals surface area contributed by atoms with Crippen LogP contribution in [0.3, 0.4) is 0 Å². The number of aryl methyl sites for hydroxylation is 1. The predicted molar refractivity (Wildman–Crippen MR) is 131 cm³/mol. The summed E-state index contributed by atoms with van der Waals surface area (Å²) in [5.41, 5.74) is 6.50. The Kier molecular flexibility index (Phi) is 5.15. The zero-order valence-corrected chi connectivity index (χ0v) is 18.8. The molecular formula is C26H24N4OS. The van der Waals surface area contributed by atoms with Crippen LogP contribution in [0.25, 0.3) is 5.69 Å². The fraction of sp³-hybridized carbons (Fsp3) is 0.154. The van der Waals surface area contributed by atoms with E-state index in [0.29, 0.717) is 5.11 Å². The van der Waals surface area contributed by atoms with Crippen LogP contribution in [0, 0.1) is 13.8 Å². The largest absolute Gasteiger partial charge is 0.508 e. The van der Waals surface area contributed by atoms with E-state index >= 15 is 0 Å². The van der Waals surface area contributed by atoms with Crippen LogP contribution in [0.5, 0.6) is 5.75 Å². The van der Waals surface area contributed by atoms with Gasteiger partial charge in [0.2, 0.25) is 0 Å². The van der Waals surface area contributed by atoms with Crippen molar-refractivity contribution in [3.63, 3.8) is 0 Å². The second kappa shape index (κ2) is 8.13. The molecule has 5 nitrogen and oxygen atoms in total. The van der Waals surface area contributed by atoms with Gasteiger partial charge in [-0.05, 0) is 86.2 Å². The minimum Gasteiger partial charge on any atom is -0.508 e. The Balaban J connectivity index is 1.68. The van der Waals surface area contributed by atoms with Crippen molar-refractivity contribution in [1.29, 1.82) is 0 Å². The highest BCUT2D eigenvalue weighted by Gasteiger charge is 2.42. The molecule has 0 aliphatic carbocycles. The number of anilines is 1. The standard InChI is InChI=1S/C26H24N4OS/c1-17-16-22(18(2)29(17)19-8-4-3-5-9-19)25-24(23-10-6-7-15-27-23)28-26(32)30(25)20-11-13-21(31)14-12-20/h3-16,24-25,31H,1-2H3,(H,28,32)/t24-,25+/m0/s1. The van der Waals surface area contributed by atoms with Crippen molar-refractivity contribution in [2.45, 2.75) is 25.9 Å². The van der Waals surface area contributed by atoms with Crippen LogP contribution in [-0.4, -0.2) is 19.8 Å². The number of rotatable bonds is 4. The van der Waals surface area contributed by atoms with E-state index in [1.807, 2.05) is 42.6 Å². The molecule has 5 rings (SSSR count).